The maximum atomic E-state index is 6.36. The van der Waals surface area contributed by atoms with Crippen LogP contribution in [-0.2, 0) is 13.3 Å². The number of rotatable bonds is 16. The minimum Gasteiger partial charge on any atom is -0.370 e. The Bertz CT molecular complexity index is 335. The molecule has 0 aromatic heterocycles. The van der Waals surface area contributed by atoms with Crippen LogP contribution < -0.4 is 0 Å². The molecule has 3 nitrogen and oxygen atoms in total. The van der Waals surface area contributed by atoms with E-state index in [4.69, 9.17) is 13.3 Å². The highest BCUT2D eigenvalue weighted by Gasteiger charge is 2.45. The first-order valence-electron chi connectivity index (χ1n) is 10.1. The van der Waals surface area contributed by atoms with Crippen LogP contribution >= 0.6 is 0 Å². The normalized spacial score (nSPS) is 14.4. The molecule has 1 aliphatic carbocycles. The molecule has 0 spiro atoms. The second-order valence-corrected chi connectivity index (χ2v) is 9.17. The molecule has 0 amide bonds. The van der Waals surface area contributed by atoms with Crippen molar-refractivity contribution in [1.82, 2.24) is 0 Å². The van der Waals surface area contributed by atoms with Gasteiger partial charge < -0.3 is 13.3 Å². The Labute approximate surface area is 150 Å². The molecule has 0 bridgehead atoms. The zero-order valence-corrected chi connectivity index (χ0v) is 17.1. The number of allylic oxidation sites excluding steroid dienone is 4. The molecule has 0 fully saturated rings. The fraction of sp³-hybridized carbons (Fsp3) is 0.800. The van der Waals surface area contributed by atoms with E-state index >= 15 is 0 Å². The zero-order chi connectivity index (χ0) is 17.5. The van der Waals surface area contributed by atoms with Crippen molar-refractivity contribution in [1.29, 1.82) is 0 Å². The highest BCUT2D eigenvalue weighted by atomic mass is 28.4. The van der Waals surface area contributed by atoms with E-state index in [1.54, 1.807) is 0 Å². The summed E-state index contributed by atoms with van der Waals surface area (Å²) < 4.78 is 19.1. The monoisotopic (exact) mass is 354 g/mol. The summed E-state index contributed by atoms with van der Waals surface area (Å²) in [6, 6.07) is 0. The van der Waals surface area contributed by atoms with Gasteiger partial charge in [0, 0.05) is 25.0 Å². The van der Waals surface area contributed by atoms with Gasteiger partial charge in [0.25, 0.3) is 0 Å². The molecular weight excluding hydrogens is 316 g/mol. The lowest BCUT2D eigenvalue weighted by molar-refractivity contribution is 0.0639. The van der Waals surface area contributed by atoms with Gasteiger partial charge in [-0.2, -0.15) is 0 Å². The van der Waals surface area contributed by atoms with Gasteiger partial charge in [-0.1, -0.05) is 77.5 Å². The first kappa shape index (κ1) is 21.6. The van der Waals surface area contributed by atoms with Gasteiger partial charge in [-0.05, 0) is 25.7 Å². The summed E-state index contributed by atoms with van der Waals surface area (Å²) in [6.45, 7) is 8.90. The molecule has 0 atom stereocenters. The summed E-state index contributed by atoms with van der Waals surface area (Å²) in [5.41, 5.74) is 0. The van der Waals surface area contributed by atoms with Crippen LogP contribution in [0.15, 0.2) is 23.4 Å². The second-order valence-electron chi connectivity index (χ2n) is 6.55. The molecule has 0 radical (unpaired) electrons. The van der Waals surface area contributed by atoms with Crippen molar-refractivity contribution in [2.24, 2.45) is 0 Å². The molecule has 0 heterocycles. The molecule has 140 valence electrons. The second kappa shape index (κ2) is 13.8. The molecule has 0 unspecified atom stereocenters. The topological polar surface area (TPSA) is 27.7 Å². The SMILES string of the molecule is CCCCCO[Si](OCCCCC)(OCCCCC)C1=CC=CC1. The lowest BCUT2D eigenvalue weighted by Gasteiger charge is -2.31. The van der Waals surface area contributed by atoms with E-state index in [2.05, 4.69) is 39.0 Å². The summed E-state index contributed by atoms with van der Waals surface area (Å²) in [5.74, 6) is 0. The van der Waals surface area contributed by atoms with Crippen LogP contribution in [0.2, 0.25) is 0 Å². The van der Waals surface area contributed by atoms with Crippen molar-refractivity contribution in [3.05, 3.63) is 23.4 Å². The Kier molecular flexibility index (Phi) is 12.5. The summed E-state index contributed by atoms with van der Waals surface area (Å²) in [7, 11) is -2.71. The Morgan fingerprint density at radius 1 is 0.750 bits per heavy atom. The predicted molar refractivity (Wildman–Crippen MR) is 104 cm³/mol. The first-order chi connectivity index (χ1) is 11.8. The third-order valence-electron chi connectivity index (χ3n) is 4.28. The Morgan fingerprint density at radius 3 is 1.54 bits per heavy atom. The van der Waals surface area contributed by atoms with Crippen molar-refractivity contribution in [3.8, 4) is 0 Å². The van der Waals surface area contributed by atoms with Crippen molar-refractivity contribution >= 4 is 8.80 Å². The fourth-order valence-electron chi connectivity index (χ4n) is 2.75. The summed E-state index contributed by atoms with van der Waals surface area (Å²) in [6.07, 6.45) is 17.8. The quantitative estimate of drug-likeness (QED) is 0.252. The minimum absolute atomic E-state index is 0.749. The molecule has 0 aromatic carbocycles. The van der Waals surface area contributed by atoms with Gasteiger partial charge in [-0.25, -0.2) is 0 Å². The molecule has 1 rings (SSSR count). The van der Waals surface area contributed by atoms with Crippen LogP contribution in [0, 0.1) is 0 Å². The molecule has 0 aromatic rings. The third kappa shape index (κ3) is 8.10. The summed E-state index contributed by atoms with van der Waals surface area (Å²) >= 11 is 0. The highest BCUT2D eigenvalue weighted by molar-refractivity contribution is 6.69. The minimum atomic E-state index is -2.71. The third-order valence-corrected chi connectivity index (χ3v) is 7.19. The maximum absolute atomic E-state index is 6.36. The fourth-order valence-corrected chi connectivity index (χ4v) is 5.47. The van der Waals surface area contributed by atoms with Gasteiger partial charge in [-0.15, -0.1) is 0 Å². The lowest BCUT2D eigenvalue weighted by Crippen LogP contribution is -2.49. The molecule has 1 aliphatic rings. The Balaban J connectivity index is 2.68. The van der Waals surface area contributed by atoms with Crippen LogP contribution in [0.25, 0.3) is 0 Å². The van der Waals surface area contributed by atoms with E-state index in [0.717, 1.165) is 45.5 Å². The van der Waals surface area contributed by atoms with Gasteiger partial charge in [0.15, 0.2) is 0 Å². The average molecular weight is 355 g/mol. The average Bonchev–Trinajstić information content (AvgIpc) is 3.14. The van der Waals surface area contributed by atoms with Crippen LogP contribution in [0.3, 0.4) is 0 Å². The number of hydrogen-bond acceptors (Lipinski definition) is 3. The molecule has 0 saturated carbocycles. The molecule has 0 saturated heterocycles. The Hall–Kier alpha value is -0.423. The van der Waals surface area contributed by atoms with Gasteiger partial charge in [-0.3, -0.25) is 0 Å². The van der Waals surface area contributed by atoms with Crippen LogP contribution in [0.1, 0.15) is 85.0 Å². The number of unbranched alkanes of at least 4 members (excludes halogenated alkanes) is 6. The van der Waals surface area contributed by atoms with Crippen molar-refractivity contribution in [2.45, 2.75) is 85.0 Å². The maximum Gasteiger partial charge on any atom is 0.533 e. The molecule has 0 aliphatic heterocycles. The van der Waals surface area contributed by atoms with Crippen molar-refractivity contribution in [3.63, 3.8) is 0 Å². The predicted octanol–water partition coefficient (Wildman–Crippen LogP) is 5.97. The van der Waals surface area contributed by atoms with E-state index in [1.165, 1.54) is 43.7 Å². The molecule has 0 N–H and O–H groups in total. The van der Waals surface area contributed by atoms with E-state index in [-0.39, 0.29) is 0 Å². The largest absolute Gasteiger partial charge is 0.533 e. The van der Waals surface area contributed by atoms with E-state index in [1.807, 2.05) is 0 Å². The van der Waals surface area contributed by atoms with E-state index < -0.39 is 8.80 Å². The summed E-state index contributed by atoms with van der Waals surface area (Å²) in [5, 5.41) is 1.24. The number of hydrogen-bond donors (Lipinski definition) is 0. The van der Waals surface area contributed by atoms with Gasteiger partial charge >= 0.3 is 8.80 Å². The van der Waals surface area contributed by atoms with E-state index in [9.17, 15) is 0 Å². The van der Waals surface area contributed by atoms with Crippen LogP contribution in [-0.4, -0.2) is 28.6 Å². The zero-order valence-electron chi connectivity index (χ0n) is 16.1. The first-order valence-corrected chi connectivity index (χ1v) is 11.8. The lowest BCUT2D eigenvalue weighted by atomic mass is 10.3. The van der Waals surface area contributed by atoms with Crippen LogP contribution in [0.5, 0.6) is 0 Å². The highest BCUT2D eigenvalue weighted by Crippen LogP contribution is 2.28. The van der Waals surface area contributed by atoms with Crippen molar-refractivity contribution in [2.75, 3.05) is 19.8 Å². The molecule has 24 heavy (non-hydrogen) atoms. The van der Waals surface area contributed by atoms with Crippen LogP contribution in [0.4, 0.5) is 0 Å². The standard InChI is InChI=1S/C20H38O3Si/c1-4-7-12-17-21-24(20-15-10-11-16-20,22-18-13-8-5-2)23-19-14-9-6-3/h10-11,15H,4-9,12-14,16-19H2,1-3H3. The molecule has 4 heteroatoms. The summed E-state index contributed by atoms with van der Waals surface area (Å²) in [4.78, 5) is 0. The molecular formula is C20H38O3Si. The van der Waals surface area contributed by atoms with E-state index in [0.29, 0.717) is 0 Å². The smallest absolute Gasteiger partial charge is 0.370 e. The van der Waals surface area contributed by atoms with Crippen molar-refractivity contribution < 1.29 is 13.3 Å². The Morgan fingerprint density at radius 2 is 1.21 bits per heavy atom. The van der Waals surface area contributed by atoms with Gasteiger partial charge in [0.05, 0.1) is 0 Å². The van der Waals surface area contributed by atoms with Gasteiger partial charge in [0.1, 0.15) is 0 Å². The van der Waals surface area contributed by atoms with Gasteiger partial charge in [0.2, 0.25) is 0 Å².